The molecule has 0 bridgehead atoms. The van der Waals surface area contributed by atoms with Crippen molar-refractivity contribution in [2.75, 3.05) is 13.7 Å². The fourth-order valence-electron chi connectivity index (χ4n) is 3.13. The zero-order chi connectivity index (χ0) is 18.6. The third kappa shape index (κ3) is 4.21. The van der Waals surface area contributed by atoms with E-state index in [0.29, 0.717) is 12.8 Å². The number of ether oxygens (including phenoxy) is 1. The van der Waals surface area contributed by atoms with Gasteiger partial charge in [-0.3, -0.25) is 9.59 Å². The average molecular weight is 354 g/mol. The lowest BCUT2D eigenvalue weighted by Crippen LogP contribution is -2.48. The molecule has 0 radical (unpaired) electrons. The Labute approximate surface area is 152 Å². The monoisotopic (exact) mass is 354 g/mol. The first-order chi connectivity index (χ1) is 12.5. The summed E-state index contributed by atoms with van der Waals surface area (Å²) in [6.45, 7) is 0.280. The van der Waals surface area contributed by atoms with E-state index in [0.717, 1.165) is 22.4 Å². The Hall–Kier alpha value is -2.86. The minimum Gasteiger partial charge on any atom is -0.497 e. The number of amides is 2. The molecule has 0 saturated heterocycles. The largest absolute Gasteiger partial charge is 0.497 e. The Kier molecular flexibility index (Phi) is 5.23. The molecule has 0 spiro atoms. The second-order valence-electron chi connectivity index (χ2n) is 6.56. The normalized spacial score (nSPS) is 14.4. The summed E-state index contributed by atoms with van der Waals surface area (Å²) in [5, 5.41) is 15.7. The summed E-state index contributed by atoms with van der Waals surface area (Å²) in [5.74, 6) is -0.744. The van der Waals surface area contributed by atoms with Crippen molar-refractivity contribution in [3.63, 3.8) is 0 Å². The number of nitrogens with one attached hydrogen (secondary N) is 2. The standard InChI is InChI=1S/C20H22N2O4/c1-26-17-8-6-14(7-9-17)12-21-18(23)19(24)22-13-20(25)10-15-4-2-3-5-16(15)11-20/h2-9,25H,10-13H2,1H3,(H,21,23)(H,22,24). The van der Waals surface area contributed by atoms with Gasteiger partial charge in [0.15, 0.2) is 0 Å². The number of hydrogen-bond acceptors (Lipinski definition) is 4. The van der Waals surface area contributed by atoms with Crippen molar-refractivity contribution in [3.05, 3.63) is 65.2 Å². The van der Waals surface area contributed by atoms with Gasteiger partial charge in [-0.25, -0.2) is 0 Å². The van der Waals surface area contributed by atoms with Crippen LogP contribution >= 0.6 is 0 Å². The highest BCUT2D eigenvalue weighted by atomic mass is 16.5. The molecule has 0 aliphatic heterocycles. The van der Waals surface area contributed by atoms with E-state index in [2.05, 4.69) is 10.6 Å². The lowest BCUT2D eigenvalue weighted by atomic mass is 10.0. The predicted octanol–water partition coefficient (Wildman–Crippen LogP) is 0.958. The topological polar surface area (TPSA) is 87.7 Å². The molecule has 0 saturated carbocycles. The molecule has 2 amide bonds. The zero-order valence-electron chi connectivity index (χ0n) is 14.6. The number of aliphatic hydroxyl groups is 1. The van der Waals surface area contributed by atoms with Crippen LogP contribution in [0.4, 0.5) is 0 Å². The summed E-state index contributed by atoms with van der Waals surface area (Å²) >= 11 is 0. The molecule has 1 aliphatic carbocycles. The van der Waals surface area contributed by atoms with E-state index >= 15 is 0 Å². The number of fused-ring (bicyclic) bond motifs is 1. The number of rotatable bonds is 5. The van der Waals surface area contributed by atoms with E-state index in [1.165, 1.54) is 0 Å². The molecule has 3 N–H and O–H groups in total. The summed E-state index contributed by atoms with van der Waals surface area (Å²) in [4.78, 5) is 23.9. The highest BCUT2D eigenvalue weighted by molar-refractivity contribution is 6.35. The van der Waals surface area contributed by atoms with Crippen LogP contribution in [0.25, 0.3) is 0 Å². The van der Waals surface area contributed by atoms with Crippen molar-refractivity contribution in [2.45, 2.75) is 25.0 Å². The molecule has 2 aromatic carbocycles. The summed E-state index contributed by atoms with van der Waals surface area (Å²) in [5.41, 5.74) is 1.97. The number of methoxy groups -OCH3 is 1. The fourth-order valence-corrected chi connectivity index (χ4v) is 3.13. The lowest BCUT2D eigenvalue weighted by Gasteiger charge is -2.22. The Morgan fingerprint density at radius 2 is 1.58 bits per heavy atom. The van der Waals surface area contributed by atoms with Gasteiger partial charge < -0.3 is 20.5 Å². The first kappa shape index (κ1) is 17.9. The maximum atomic E-state index is 12.0. The van der Waals surface area contributed by atoms with Crippen LogP contribution in [-0.4, -0.2) is 36.2 Å². The zero-order valence-corrected chi connectivity index (χ0v) is 14.6. The van der Waals surface area contributed by atoms with E-state index in [1.54, 1.807) is 19.2 Å². The quantitative estimate of drug-likeness (QED) is 0.698. The third-order valence-corrected chi connectivity index (χ3v) is 4.55. The van der Waals surface area contributed by atoms with Crippen molar-refractivity contribution in [1.29, 1.82) is 0 Å². The van der Waals surface area contributed by atoms with Crippen LogP contribution < -0.4 is 15.4 Å². The molecule has 0 unspecified atom stereocenters. The van der Waals surface area contributed by atoms with Crippen LogP contribution in [0.2, 0.25) is 0 Å². The van der Waals surface area contributed by atoms with Crippen molar-refractivity contribution in [2.24, 2.45) is 0 Å². The van der Waals surface area contributed by atoms with Crippen LogP contribution in [0.1, 0.15) is 16.7 Å². The van der Waals surface area contributed by atoms with Crippen molar-refractivity contribution in [1.82, 2.24) is 10.6 Å². The molecule has 0 heterocycles. The molecule has 0 aromatic heterocycles. The van der Waals surface area contributed by atoms with Crippen molar-refractivity contribution in [3.8, 4) is 5.75 Å². The van der Waals surface area contributed by atoms with E-state index in [-0.39, 0.29) is 13.1 Å². The van der Waals surface area contributed by atoms with E-state index in [9.17, 15) is 14.7 Å². The van der Waals surface area contributed by atoms with Gasteiger partial charge >= 0.3 is 11.8 Å². The molecule has 26 heavy (non-hydrogen) atoms. The van der Waals surface area contributed by atoms with Gasteiger partial charge in [0.2, 0.25) is 0 Å². The SMILES string of the molecule is COc1ccc(CNC(=O)C(=O)NCC2(O)Cc3ccccc3C2)cc1. The van der Waals surface area contributed by atoms with Gasteiger partial charge in [-0.2, -0.15) is 0 Å². The first-order valence-electron chi connectivity index (χ1n) is 8.47. The minimum absolute atomic E-state index is 0.0382. The summed E-state index contributed by atoms with van der Waals surface area (Å²) in [7, 11) is 1.58. The number of carbonyl (C=O) groups is 2. The predicted molar refractivity (Wildman–Crippen MR) is 96.7 cm³/mol. The van der Waals surface area contributed by atoms with Gasteiger partial charge in [0, 0.05) is 25.9 Å². The van der Waals surface area contributed by atoms with Gasteiger partial charge in [0.25, 0.3) is 0 Å². The van der Waals surface area contributed by atoms with Crippen LogP contribution in [0, 0.1) is 0 Å². The summed E-state index contributed by atoms with van der Waals surface area (Å²) in [6, 6.07) is 15.0. The third-order valence-electron chi connectivity index (χ3n) is 4.55. The van der Waals surface area contributed by atoms with Gasteiger partial charge in [-0.05, 0) is 28.8 Å². The van der Waals surface area contributed by atoms with E-state index < -0.39 is 17.4 Å². The lowest BCUT2D eigenvalue weighted by molar-refractivity contribution is -0.139. The van der Waals surface area contributed by atoms with Gasteiger partial charge in [-0.1, -0.05) is 36.4 Å². The molecule has 2 aromatic rings. The van der Waals surface area contributed by atoms with Crippen LogP contribution in [0.15, 0.2) is 48.5 Å². The Morgan fingerprint density at radius 3 is 2.15 bits per heavy atom. The highest BCUT2D eigenvalue weighted by Crippen LogP contribution is 2.29. The smallest absolute Gasteiger partial charge is 0.309 e. The molecular formula is C20H22N2O4. The molecule has 1 aliphatic rings. The number of carbonyl (C=O) groups excluding carboxylic acids is 2. The van der Waals surface area contributed by atoms with Crippen LogP contribution in [0.5, 0.6) is 5.75 Å². The Balaban J connectivity index is 1.46. The second kappa shape index (κ2) is 7.58. The van der Waals surface area contributed by atoms with Crippen molar-refractivity contribution >= 4 is 11.8 Å². The second-order valence-corrected chi connectivity index (χ2v) is 6.56. The van der Waals surface area contributed by atoms with Gasteiger partial charge in [-0.15, -0.1) is 0 Å². The molecule has 0 fully saturated rings. The number of hydrogen-bond donors (Lipinski definition) is 3. The number of benzene rings is 2. The Bertz CT molecular complexity index is 777. The van der Waals surface area contributed by atoms with Crippen LogP contribution in [-0.2, 0) is 29.0 Å². The fraction of sp³-hybridized carbons (Fsp3) is 0.300. The molecule has 0 atom stereocenters. The maximum absolute atomic E-state index is 12.0. The van der Waals surface area contributed by atoms with E-state index in [1.807, 2.05) is 36.4 Å². The molecule has 136 valence electrons. The van der Waals surface area contributed by atoms with Gasteiger partial charge in [0.05, 0.1) is 12.7 Å². The minimum atomic E-state index is -1.05. The van der Waals surface area contributed by atoms with Crippen molar-refractivity contribution < 1.29 is 19.4 Å². The summed E-state index contributed by atoms with van der Waals surface area (Å²) in [6.07, 6.45) is 0.938. The summed E-state index contributed by atoms with van der Waals surface area (Å²) < 4.78 is 5.07. The first-order valence-corrected chi connectivity index (χ1v) is 8.47. The molecule has 3 rings (SSSR count). The molecule has 6 nitrogen and oxygen atoms in total. The Morgan fingerprint density at radius 1 is 1.00 bits per heavy atom. The van der Waals surface area contributed by atoms with Gasteiger partial charge in [0.1, 0.15) is 5.75 Å². The molecular weight excluding hydrogens is 332 g/mol. The van der Waals surface area contributed by atoms with E-state index in [4.69, 9.17) is 4.74 Å². The maximum Gasteiger partial charge on any atom is 0.309 e. The molecule has 6 heteroatoms. The highest BCUT2D eigenvalue weighted by Gasteiger charge is 2.35. The average Bonchev–Trinajstić information content (AvgIpc) is 3.01. The van der Waals surface area contributed by atoms with Crippen LogP contribution in [0.3, 0.4) is 0 Å².